The van der Waals surface area contributed by atoms with Crippen LogP contribution in [0.3, 0.4) is 0 Å². The van der Waals surface area contributed by atoms with Gasteiger partial charge in [-0.25, -0.2) is 9.78 Å². The third-order valence-corrected chi connectivity index (χ3v) is 3.69. The van der Waals surface area contributed by atoms with Gasteiger partial charge in [0.2, 0.25) is 0 Å². The van der Waals surface area contributed by atoms with E-state index in [-0.39, 0.29) is 5.56 Å². The molecule has 0 aliphatic carbocycles. The summed E-state index contributed by atoms with van der Waals surface area (Å²) in [5.74, 6) is -0.315. The van der Waals surface area contributed by atoms with Crippen LogP contribution in [0.15, 0.2) is 16.8 Å². The van der Waals surface area contributed by atoms with E-state index in [1.54, 1.807) is 11.7 Å². The second-order valence-corrected chi connectivity index (χ2v) is 5.52. The van der Waals surface area contributed by atoms with Crippen molar-refractivity contribution < 1.29 is 14.4 Å². The number of aromatic carboxylic acids is 1. The van der Waals surface area contributed by atoms with E-state index in [9.17, 15) is 9.90 Å². The van der Waals surface area contributed by atoms with Crippen LogP contribution in [0.1, 0.15) is 27.5 Å². The van der Waals surface area contributed by atoms with E-state index in [0.717, 1.165) is 16.8 Å². The van der Waals surface area contributed by atoms with Crippen LogP contribution in [0.2, 0.25) is 0 Å². The highest BCUT2D eigenvalue weighted by atomic mass is 16.5. The van der Waals surface area contributed by atoms with Crippen molar-refractivity contribution in [3.8, 4) is 0 Å². The van der Waals surface area contributed by atoms with Gasteiger partial charge in [0.25, 0.3) is 0 Å². The maximum Gasteiger partial charge on any atom is 0.339 e. The Morgan fingerprint density at radius 3 is 2.78 bits per heavy atom. The lowest BCUT2D eigenvalue weighted by atomic mass is 10.1. The van der Waals surface area contributed by atoms with Crippen LogP contribution in [0.4, 0.5) is 5.69 Å². The van der Waals surface area contributed by atoms with Crippen molar-refractivity contribution in [1.29, 1.82) is 0 Å². The molecule has 23 heavy (non-hydrogen) atoms. The van der Waals surface area contributed by atoms with E-state index in [0.29, 0.717) is 23.6 Å². The summed E-state index contributed by atoms with van der Waals surface area (Å²) < 4.78 is 6.72. The van der Waals surface area contributed by atoms with Crippen molar-refractivity contribution in [2.45, 2.75) is 20.4 Å². The van der Waals surface area contributed by atoms with Crippen LogP contribution in [0, 0.1) is 13.8 Å². The zero-order valence-electron chi connectivity index (χ0n) is 13.4. The molecule has 3 rings (SSSR count). The largest absolute Gasteiger partial charge is 0.478 e. The number of carboxylic acids is 1. The molecular formula is C15H17N5O3. The fraction of sp³-hybridized carbons (Fsp3) is 0.333. The van der Waals surface area contributed by atoms with Gasteiger partial charge >= 0.3 is 5.97 Å². The number of pyridine rings is 1. The monoisotopic (exact) mass is 315 g/mol. The highest BCUT2D eigenvalue weighted by Crippen LogP contribution is 2.32. The summed E-state index contributed by atoms with van der Waals surface area (Å²) in [7, 11) is 3.60. The quantitative estimate of drug-likeness (QED) is 0.785. The number of carbonyl (C=O) groups is 1. The second kappa shape index (κ2) is 5.38. The number of rotatable bonds is 4. The predicted octanol–water partition coefficient (Wildman–Crippen LogP) is 1.91. The molecule has 0 unspecified atom stereocenters. The number of anilines is 1. The van der Waals surface area contributed by atoms with Crippen molar-refractivity contribution >= 4 is 22.7 Å². The Morgan fingerprint density at radius 1 is 1.43 bits per heavy atom. The molecule has 1 N–H and O–H groups in total. The normalized spacial score (nSPS) is 11.1. The van der Waals surface area contributed by atoms with Gasteiger partial charge in [-0.1, -0.05) is 5.16 Å². The number of nitrogens with zero attached hydrogens (tertiary/aromatic N) is 5. The number of carboxylic acid groups (broad SMARTS) is 1. The predicted molar refractivity (Wildman–Crippen MR) is 83.6 cm³/mol. The minimum Gasteiger partial charge on any atom is -0.478 e. The van der Waals surface area contributed by atoms with Crippen molar-refractivity contribution in [2.24, 2.45) is 7.05 Å². The zero-order chi connectivity index (χ0) is 16.7. The van der Waals surface area contributed by atoms with Crippen molar-refractivity contribution in [1.82, 2.24) is 19.9 Å². The van der Waals surface area contributed by atoms with Crippen LogP contribution in [-0.2, 0) is 13.6 Å². The molecule has 0 saturated heterocycles. The Balaban J connectivity index is 2.16. The molecule has 0 aliphatic rings. The number of aryl methyl sites for hydroxylation is 3. The van der Waals surface area contributed by atoms with Gasteiger partial charge in [0.15, 0.2) is 5.65 Å². The van der Waals surface area contributed by atoms with Gasteiger partial charge in [-0.15, -0.1) is 0 Å². The number of hydrogen-bond donors (Lipinski definition) is 1. The minimum absolute atomic E-state index is 0.135. The summed E-state index contributed by atoms with van der Waals surface area (Å²) in [6.45, 7) is 4.08. The first-order chi connectivity index (χ1) is 10.9. The highest BCUT2D eigenvalue weighted by molar-refractivity contribution is 6.04. The lowest BCUT2D eigenvalue weighted by molar-refractivity contribution is 0.0697. The van der Waals surface area contributed by atoms with Gasteiger partial charge in [-0.3, -0.25) is 4.68 Å². The van der Waals surface area contributed by atoms with Crippen LogP contribution < -0.4 is 4.90 Å². The fourth-order valence-corrected chi connectivity index (χ4v) is 2.76. The minimum atomic E-state index is -1.03. The topological polar surface area (TPSA) is 97.3 Å². The highest BCUT2D eigenvalue weighted by Gasteiger charge is 2.22. The van der Waals surface area contributed by atoms with Gasteiger partial charge in [0.05, 0.1) is 23.3 Å². The average Bonchev–Trinajstić information content (AvgIpc) is 3.02. The summed E-state index contributed by atoms with van der Waals surface area (Å²) in [4.78, 5) is 17.7. The van der Waals surface area contributed by atoms with Crippen molar-refractivity contribution in [3.05, 3.63) is 35.0 Å². The fourth-order valence-electron chi connectivity index (χ4n) is 2.76. The molecule has 0 amide bonds. The molecular weight excluding hydrogens is 298 g/mol. The lowest BCUT2D eigenvalue weighted by Gasteiger charge is -2.21. The van der Waals surface area contributed by atoms with E-state index < -0.39 is 5.97 Å². The van der Waals surface area contributed by atoms with Crippen LogP contribution in [0.5, 0.6) is 0 Å². The summed E-state index contributed by atoms with van der Waals surface area (Å²) in [6.07, 6.45) is 1.37. The molecule has 120 valence electrons. The molecule has 0 atom stereocenters. The summed E-state index contributed by atoms with van der Waals surface area (Å²) in [6, 6.07) is 1.82. The van der Waals surface area contributed by atoms with Gasteiger partial charge < -0.3 is 14.5 Å². The maximum absolute atomic E-state index is 11.6. The van der Waals surface area contributed by atoms with Gasteiger partial charge in [-0.05, 0) is 13.8 Å². The molecule has 0 fully saturated rings. The number of hydrogen-bond acceptors (Lipinski definition) is 6. The van der Waals surface area contributed by atoms with E-state index in [1.807, 2.05) is 31.9 Å². The van der Waals surface area contributed by atoms with Gasteiger partial charge in [0, 0.05) is 26.4 Å². The zero-order valence-corrected chi connectivity index (χ0v) is 13.4. The van der Waals surface area contributed by atoms with Gasteiger partial charge in [-0.2, -0.15) is 5.10 Å². The SMILES string of the molecule is Cc1cc(CN(C)c2c(C(=O)O)cnc3c2c(C)nn3C)no1. The molecule has 3 aromatic heterocycles. The molecule has 8 nitrogen and oxygen atoms in total. The Kier molecular flexibility index (Phi) is 3.51. The number of fused-ring (bicyclic) bond motifs is 1. The first-order valence-corrected chi connectivity index (χ1v) is 7.07. The van der Waals surface area contributed by atoms with Crippen LogP contribution in [0.25, 0.3) is 11.0 Å². The molecule has 0 aliphatic heterocycles. The Bertz CT molecular complexity index is 896. The van der Waals surface area contributed by atoms with Crippen LogP contribution in [-0.4, -0.2) is 38.0 Å². The average molecular weight is 315 g/mol. The standard InChI is InChI=1S/C15H17N5O3/c1-8-5-10(18-23-8)7-19(3)13-11(15(21)22)6-16-14-12(13)9(2)17-20(14)4/h5-6H,7H2,1-4H3,(H,21,22). The molecule has 0 bridgehead atoms. The molecule has 3 heterocycles. The molecule has 0 aromatic carbocycles. The molecule has 8 heteroatoms. The Morgan fingerprint density at radius 2 is 2.17 bits per heavy atom. The smallest absolute Gasteiger partial charge is 0.339 e. The molecule has 0 saturated carbocycles. The second-order valence-electron chi connectivity index (χ2n) is 5.52. The Hall–Kier alpha value is -2.90. The first kappa shape index (κ1) is 15.0. The van der Waals surface area contributed by atoms with E-state index in [2.05, 4.69) is 15.2 Å². The summed E-state index contributed by atoms with van der Waals surface area (Å²) in [5, 5.41) is 18.6. The molecule has 0 radical (unpaired) electrons. The van der Waals surface area contributed by atoms with Crippen molar-refractivity contribution in [2.75, 3.05) is 11.9 Å². The van der Waals surface area contributed by atoms with E-state index in [4.69, 9.17) is 4.52 Å². The molecule has 3 aromatic rings. The van der Waals surface area contributed by atoms with Gasteiger partial charge in [0.1, 0.15) is 17.0 Å². The Labute approximate surface area is 132 Å². The third-order valence-electron chi connectivity index (χ3n) is 3.69. The maximum atomic E-state index is 11.6. The lowest BCUT2D eigenvalue weighted by Crippen LogP contribution is -2.20. The van der Waals surface area contributed by atoms with Crippen LogP contribution >= 0.6 is 0 Å². The third kappa shape index (κ3) is 2.52. The van der Waals surface area contributed by atoms with Crippen molar-refractivity contribution in [3.63, 3.8) is 0 Å². The number of aromatic nitrogens is 4. The summed E-state index contributed by atoms with van der Waals surface area (Å²) in [5.41, 5.74) is 2.82. The van der Waals surface area contributed by atoms with E-state index >= 15 is 0 Å². The van der Waals surface area contributed by atoms with E-state index in [1.165, 1.54) is 6.20 Å². The molecule has 0 spiro atoms. The summed E-state index contributed by atoms with van der Waals surface area (Å²) >= 11 is 0. The first-order valence-electron chi connectivity index (χ1n) is 7.07.